The number of benzene rings is 2. The predicted octanol–water partition coefficient (Wildman–Crippen LogP) is 4.34. The van der Waals surface area contributed by atoms with E-state index in [0.717, 1.165) is 11.3 Å². The second kappa shape index (κ2) is 8.85. The molecule has 0 radical (unpaired) electrons. The van der Waals surface area contributed by atoms with Crippen molar-refractivity contribution in [3.63, 3.8) is 0 Å². The number of rotatable bonds is 7. The van der Waals surface area contributed by atoms with Gasteiger partial charge < -0.3 is 14.4 Å². The zero-order chi connectivity index (χ0) is 19.1. The van der Waals surface area contributed by atoms with Gasteiger partial charge in [-0.05, 0) is 55.0 Å². The summed E-state index contributed by atoms with van der Waals surface area (Å²) in [4.78, 5) is 18.4. The second-order valence-corrected chi connectivity index (χ2v) is 5.94. The van der Waals surface area contributed by atoms with Gasteiger partial charge in [0.15, 0.2) is 11.5 Å². The van der Waals surface area contributed by atoms with E-state index in [-0.39, 0.29) is 5.91 Å². The average Bonchev–Trinajstić information content (AvgIpc) is 2.73. The largest absolute Gasteiger partial charge is 0.490 e. The number of amides is 1. The van der Waals surface area contributed by atoms with Gasteiger partial charge in [-0.2, -0.15) is 0 Å². The van der Waals surface area contributed by atoms with Crippen LogP contribution in [0.3, 0.4) is 0 Å². The molecular formula is C22H22N2O3. The molecule has 5 nitrogen and oxygen atoms in total. The molecule has 0 aliphatic rings. The Morgan fingerprint density at radius 3 is 2.41 bits per heavy atom. The molecule has 138 valence electrons. The van der Waals surface area contributed by atoms with Crippen LogP contribution in [0.2, 0.25) is 0 Å². The molecule has 27 heavy (non-hydrogen) atoms. The zero-order valence-corrected chi connectivity index (χ0v) is 15.5. The van der Waals surface area contributed by atoms with Crippen molar-refractivity contribution in [2.24, 2.45) is 0 Å². The molecule has 0 aliphatic heterocycles. The number of anilines is 1. The summed E-state index contributed by atoms with van der Waals surface area (Å²) in [5.74, 6) is 1.05. The summed E-state index contributed by atoms with van der Waals surface area (Å²) in [5.41, 5.74) is 2.39. The van der Waals surface area contributed by atoms with Crippen LogP contribution >= 0.6 is 0 Å². The number of ether oxygens (including phenoxy) is 2. The summed E-state index contributed by atoms with van der Waals surface area (Å²) >= 11 is 0. The van der Waals surface area contributed by atoms with Crippen LogP contribution in [0.25, 0.3) is 0 Å². The Morgan fingerprint density at radius 2 is 1.70 bits per heavy atom. The lowest BCUT2D eigenvalue weighted by Crippen LogP contribution is -2.26. The van der Waals surface area contributed by atoms with E-state index in [1.54, 1.807) is 42.5 Å². The quantitative estimate of drug-likeness (QED) is 0.627. The number of aromatic nitrogens is 1. The summed E-state index contributed by atoms with van der Waals surface area (Å²) < 4.78 is 11.6. The Bertz CT molecular complexity index is 883. The van der Waals surface area contributed by atoms with Gasteiger partial charge >= 0.3 is 0 Å². The van der Waals surface area contributed by atoms with Crippen LogP contribution in [0.15, 0.2) is 73.1 Å². The Balaban J connectivity index is 1.79. The molecule has 2 aromatic carbocycles. The van der Waals surface area contributed by atoms with E-state index < -0.39 is 0 Å². The SMILES string of the molecule is CCOc1cc(C(=O)N(C)c2ccccc2)ccc1OCc1ccncc1. The highest BCUT2D eigenvalue weighted by atomic mass is 16.5. The fourth-order valence-corrected chi connectivity index (χ4v) is 2.63. The second-order valence-electron chi connectivity index (χ2n) is 5.94. The minimum Gasteiger partial charge on any atom is -0.490 e. The van der Waals surface area contributed by atoms with Gasteiger partial charge in [0, 0.05) is 30.7 Å². The van der Waals surface area contributed by atoms with Crippen molar-refractivity contribution in [1.82, 2.24) is 4.98 Å². The number of nitrogens with zero attached hydrogens (tertiary/aromatic N) is 2. The first-order valence-electron chi connectivity index (χ1n) is 8.80. The van der Waals surface area contributed by atoms with Crippen molar-refractivity contribution in [2.75, 3.05) is 18.6 Å². The summed E-state index contributed by atoms with van der Waals surface area (Å²) in [6.45, 7) is 2.79. The molecule has 0 fully saturated rings. The molecule has 0 N–H and O–H groups in total. The monoisotopic (exact) mass is 362 g/mol. The lowest BCUT2D eigenvalue weighted by Gasteiger charge is -2.19. The minimum atomic E-state index is -0.108. The summed E-state index contributed by atoms with van der Waals surface area (Å²) in [6, 6.07) is 18.6. The van der Waals surface area contributed by atoms with E-state index in [1.807, 2.05) is 49.4 Å². The van der Waals surface area contributed by atoms with Gasteiger partial charge in [-0.25, -0.2) is 0 Å². The van der Waals surface area contributed by atoms with E-state index in [4.69, 9.17) is 9.47 Å². The van der Waals surface area contributed by atoms with Gasteiger partial charge in [0.25, 0.3) is 5.91 Å². The molecule has 0 bridgehead atoms. The maximum absolute atomic E-state index is 12.8. The van der Waals surface area contributed by atoms with Crippen molar-refractivity contribution in [1.29, 1.82) is 0 Å². The van der Waals surface area contributed by atoms with Crippen LogP contribution in [0, 0.1) is 0 Å². The Labute approximate surface area is 159 Å². The molecule has 0 unspecified atom stereocenters. The first kappa shape index (κ1) is 18.5. The highest BCUT2D eigenvalue weighted by molar-refractivity contribution is 6.06. The molecule has 0 aliphatic carbocycles. The normalized spacial score (nSPS) is 10.3. The van der Waals surface area contributed by atoms with Crippen molar-refractivity contribution in [3.8, 4) is 11.5 Å². The third kappa shape index (κ3) is 4.64. The van der Waals surface area contributed by atoms with Crippen LogP contribution in [0.5, 0.6) is 11.5 Å². The number of hydrogen-bond acceptors (Lipinski definition) is 4. The van der Waals surface area contributed by atoms with Gasteiger partial charge in [-0.3, -0.25) is 9.78 Å². The minimum absolute atomic E-state index is 0.108. The molecule has 0 saturated carbocycles. The zero-order valence-electron chi connectivity index (χ0n) is 15.5. The summed E-state index contributed by atoms with van der Waals surface area (Å²) in [5, 5.41) is 0. The number of carbonyl (C=O) groups excluding carboxylic acids is 1. The van der Waals surface area contributed by atoms with Crippen LogP contribution in [-0.2, 0) is 6.61 Å². The smallest absolute Gasteiger partial charge is 0.258 e. The maximum Gasteiger partial charge on any atom is 0.258 e. The van der Waals surface area contributed by atoms with Gasteiger partial charge in [-0.1, -0.05) is 18.2 Å². The van der Waals surface area contributed by atoms with Crippen molar-refractivity contribution < 1.29 is 14.3 Å². The molecule has 0 saturated heterocycles. The highest BCUT2D eigenvalue weighted by Crippen LogP contribution is 2.30. The van der Waals surface area contributed by atoms with Gasteiger partial charge in [-0.15, -0.1) is 0 Å². The lowest BCUT2D eigenvalue weighted by molar-refractivity contribution is 0.0992. The van der Waals surface area contributed by atoms with E-state index in [2.05, 4.69) is 4.98 Å². The first-order chi connectivity index (χ1) is 13.2. The molecule has 1 heterocycles. The molecule has 1 amide bonds. The van der Waals surface area contributed by atoms with Crippen molar-refractivity contribution >= 4 is 11.6 Å². The van der Waals surface area contributed by atoms with Crippen molar-refractivity contribution in [2.45, 2.75) is 13.5 Å². The summed E-state index contributed by atoms with van der Waals surface area (Å²) in [6.07, 6.45) is 3.45. The molecule has 1 aromatic heterocycles. The van der Waals surface area contributed by atoms with Crippen LogP contribution in [-0.4, -0.2) is 24.5 Å². The third-order valence-electron chi connectivity index (χ3n) is 4.08. The Hall–Kier alpha value is -3.34. The number of carbonyl (C=O) groups is 1. The average molecular weight is 362 g/mol. The fourth-order valence-electron chi connectivity index (χ4n) is 2.63. The summed E-state index contributed by atoms with van der Waals surface area (Å²) in [7, 11) is 1.76. The fraction of sp³-hybridized carbons (Fsp3) is 0.182. The topological polar surface area (TPSA) is 51.7 Å². The molecule has 3 aromatic rings. The van der Waals surface area contributed by atoms with E-state index in [0.29, 0.717) is 30.3 Å². The molecule has 5 heteroatoms. The van der Waals surface area contributed by atoms with Crippen LogP contribution in [0.1, 0.15) is 22.8 Å². The van der Waals surface area contributed by atoms with E-state index in [9.17, 15) is 4.79 Å². The van der Waals surface area contributed by atoms with E-state index >= 15 is 0 Å². The van der Waals surface area contributed by atoms with Crippen LogP contribution < -0.4 is 14.4 Å². The first-order valence-corrected chi connectivity index (χ1v) is 8.80. The predicted molar refractivity (Wildman–Crippen MR) is 105 cm³/mol. The van der Waals surface area contributed by atoms with Gasteiger partial charge in [0.2, 0.25) is 0 Å². The standard InChI is InChI=1S/C22H22N2O3/c1-3-26-21-15-18(22(25)24(2)19-7-5-4-6-8-19)9-10-20(21)27-16-17-11-13-23-14-12-17/h4-15H,3,16H2,1-2H3. The van der Waals surface area contributed by atoms with Gasteiger partial charge in [0.05, 0.1) is 6.61 Å². The molecule has 3 rings (SSSR count). The van der Waals surface area contributed by atoms with E-state index in [1.165, 1.54) is 0 Å². The lowest BCUT2D eigenvalue weighted by atomic mass is 10.1. The Morgan fingerprint density at radius 1 is 0.963 bits per heavy atom. The molecular weight excluding hydrogens is 340 g/mol. The molecule has 0 atom stereocenters. The number of hydrogen-bond donors (Lipinski definition) is 0. The molecule has 0 spiro atoms. The Kier molecular flexibility index (Phi) is 6.05. The van der Waals surface area contributed by atoms with Gasteiger partial charge in [0.1, 0.15) is 6.61 Å². The number of pyridine rings is 1. The van der Waals surface area contributed by atoms with Crippen molar-refractivity contribution in [3.05, 3.63) is 84.2 Å². The number of para-hydroxylation sites is 1. The van der Waals surface area contributed by atoms with Crippen LogP contribution in [0.4, 0.5) is 5.69 Å². The highest BCUT2D eigenvalue weighted by Gasteiger charge is 2.16. The maximum atomic E-state index is 12.8. The third-order valence-corrected chi connectivity index (χ3v) is 4.08.